The van der Waals surface area contributed by atoms with Gasteiger partial charge in [0.2, 0.25) is 0 Å². The lowest BCUT2D eigenvalue weighted by Crippen LogP contribution is -2.36. The lowest BCUT2D eigenvalue weighted by Gasteiger charge is -2.24. The van der Waals surface area contributed by atoms with Gasteiger partial charge < -0.3 is 5.73 Å². The Morgan fingerprint density at radius 3 is 2.18 bits per heavy atom. The fourth-order valence-corrected chi connectivity index (χ4v) is 0.963. The van der Waals surface area contributed by atoms with Crippen LogP contribution in [0.25, 0.3) is 0 Å². The van der Waals surface area contributed by atoms with Gasteiger partial charge in [0.05, 0.1) is 5.54 Å². The summed E-state index contributed by atoms with van der Waals surface area (Å²) in [6.07, 6.45) is 6.18. The van der Waals surface area contributed by atoms with Crippen molar-refractivity contribution in [2.45, 2.75) is 39.7 Å². The predicted octanol–water partition coefficient (Wildman–Crippen LogP) is 2.02. The van der Waals surface area contributed by atoms with Crippen LogP contribution >= 0.6 is 0 Å². The Labute approximate surface area is 70.4 Å². The Balaban J connectivity index is 3.96. The molecule has 0 aromatic heterocycles. The molecule has 0 heterocycles. The molecule has 1 unspecified atom stereocenters. The van der Waals surface area contributed by atoms with Crippen LogP contribution in [0.3, 0.4) is 0 Å². The molecule has 64 valence electrons. The molecule has 0 bridgehead atoms. The van der Waals surface area contributed by atoms with Crippen LogP contribution in [0.15, 0.2) is 0 Å². The van der Waals surface area contributed by atoms with Gasteiger partial charge in [-0.3, -0.25) is 0 Å². The molecule has 0 saturated carbocycles. The smallest absolute Gasteiger partial charge is 0.0747 e. The summed E-state index contributed by atoms with van der Waals surface area (Å²) in [5.41, 5.74) is 5.39. The third-order valence-electron chi connectivity index (χ3n) is 2.21. The van der Waals surface area contributed by atoms with Crippen LogP contribution in [0.2, 0.25) is 0 Å². The summed E-state index contributed by atoms with van der Waals surface area (Å²) in [7, 11) is 0. The van der Waals surface area contributed by atoms with Crippen LogP contribution < -0.4 is 5.73 Å². The van der Waals surface area contributed by atoms with Gasteiger partial charge in [0.1, 0.15) is 0 Å². The third-order valence-corrected chi connectivity index (χ3v) is 2.21. The Bertz CT molecular complexity index is 151. The molecule has 0 saturated heterocycles. The Morgan fingerprint density at radius 1 is 1.45 bits per heavy atom. The Hall–Kier alpha value is -0.480. The van der Waals surface area contributed by atoms with E-state index in [1.54, 1.807) is 0 Å². The third kappa shape index (κ3) is 4.06. The number of hydrogen-bond acceptors (Lipinski definition) is 1. The first kappa shape index (κ1) is 10.5. The minimum Gasteiger partial charge on any atom is -0.315 e. The average Bonchev–Trinajstić information content (AvgIpc) is 1.87. The second-order valence-electron chi connectivity index (χ2n) is 3.99. The molecule has 0 aliphatic rings. The molecule has 2 atom stereocenters. The van der Waals surface area contributed by atoms with Gasteiger partial charge in [0.15, 0.2) is 0 Å². The molecule has 0 spiro atoms. The van der Waals surface area contributed by atoms with Crippen molar-refractivity contribution in [2.24, 2.45) is 17.6 Å². The maximum Gasteiger partial charge on any atom is 0.0747 e. The van der Waals surface area contributed by atoms with Gasteiger partial charge >= 0.3 is 0 Å². The van der Waals surface area contributed by atoms with Crippen molar-refractivity contribution in [2.75, 3.05) is 0 Å². The number of nitrogens with two attached hydrogens (primary N) is 1. The summed E-state index contributed by atoms with van der Waals surface area (Å²) in [4.78, 5) is 0. The molecule has 0 rings (SSSR count). The van der Waals surface area contributed by atoms with E-state index in [0.29, 0.717) is 11.8 Å². The molecule has 0 fully saturated rings. The number of rotatable bonds is 3. The highest BCUT2D eigenvalue weighted by Gasteiger charge is 2.20. The van der Waals surface area contributed by atoms with Crippen molar-refractivity contribution in [3.63, 3.8) is 0 Å². The van der Waals surface area contributed by atoms with Gasteiger partial charge in [-0.05, 0) is 25.2 Å². The fraction of sp³-hybridized carbons (Fsp3) is 0.800. The van der Waals surface area contributed by atoms with Crippen LogP contribution in [0.4, 0.5) is 0 Å². The number of terminal acetylenes is 1. The molecule has 1 nitrogen and oxygen atoms in total. The highest BCUT2D eigenvalue weighted by molar-refractivity contribution is 5.08. The molecule has 0 aliphatic heterocycles. The zero-order chi connectivity index (χ0) is 9.07. The van der Waals surface area contributed by atoms with Crippen molar-refractivity contribution < 1.29 is 0 Å². The largest absolute Gasteiger partial charge is 0.315 e. The van der Waals surface area contributed by atoms with Crippen LogP contribution in [0.5, 0.6) is 0 Å². The van der Waals surface area contributed by atoms with Crippen LogP contribution in [0, 0.1) is 24.2 Å². The highest BCUT2D eigenvalue weighted by atomic mass is 14.7. The summed E-state index contributed by atoms with van der Waals surface area (Å²) in [6, 6.07) is 0. The van der Waals surface area contributed by atoms with E-state index < -0.39 is 5.54 Å². The van der Waals surface area contributed by atoms with Crippen molar-refractivity contribution in [3.05, 3.63) is 0 Å². The van der Waals surface area contributed by atoms with E-state index in [9.17, 15) is 0 Å². The molecular weight excluding hydrogens is 134 g/mol. The van der Waals surface area contributed by atoms with E-state index in [1.807, 2.05) is 6.92 Å². The molecule has 1 heteroatoms. The summed E-state index contributed by atoms with van der Waals surface area (Å²) < 4.78 is 0. The van der Waals surface area contributed by atoms with Gasteiger partial charge in [-0.15, -0.1) is 6.42 Å². The van der Waals surface area contributed by atoms with E-state index in [4.69, 9.17) is 12.2 Å². The predicted molar refractivity (Wildman–Crippen MR) is 50.0 cm³/mol. The fourth-order valence-electron chi connectivity index (χ4n) is 0.963. The van der Waals surface area contributed by atoms with E-state index in [-0.39, 0.29) is 0 Å². The zero-order valence-electron chi connectivity index (χ0n) is 8.02. The lowest BCUT2D eigenvalue weighted by atomic mass is 9.85. The van der Waals surface area contributed by atoms with Crippen LogP contribution in [-0.2, 0) is 0 Å². The van der Waals surface area contributed by atoms with Gasteiger partial charge in [-0.2, -0.15) is 0 Å². The van der Waals surface area contributed by atoms with E-state index in [0.717, 1.165) is 6.42 Å². The normalized spacial score (nSPS) is 19.0. The Morgan fingerprint density at radius 2 is 1.91 bits per heavy atom. The second kappa shape index (κ2) is 3.78. The maximum absolute atomic E-state index is 5.82. The molecule has 11 heavy (non-hydrogen) atoms. The van der Waals surface area contributed by atoms with Gasteiger partial charge in [-0.1, -0.05) is 26.7 Å². The van der Waals surface area contributed by atoms with Crippen molar-refractivity contribution in [1.29, 1.82) is 0 Å². The number of hydrogen-bond donors (Lipinski definition) is 1. The quantitative estimate of drug-likeness (QED) is 0.617. The molecule has 0 amide bonds. The first-order valence-corrected chi connectivity index (χ1v) is 4.15. The first-order valence-electron chi connectivity index (χ1n) is 4.15. The second-order valence-corrected chi connectivity index (χ2v) is 3.99. The Kier molecular flexibility index (Phi) is 3.62. The molecule has 0 aromatic rings. The molecule has 0 radical (unpaired) electrons. The molecule has 0 aromatic carbocycles. The molecule has 2 N–H and O–H groups in total. The zero-order valence-corrected chi connectivity index (χ0v) is 8.02. The van der Waals surface area contributed by atoms with Crippen LogP contribution in [0.1, 0.15) is 34.1 Å². The topological polar surface area (TPSA) is 26.0 Å². The molecular formula is C10H19N. The van der Waals surface area contributed by atoms with E-state index >= 15 is 0 Å². The van der Waals surface area contributed by atoms with Gasteiger partial charge in [-0.25, -0.2) is 0 Å². The van der Waals surface area contributed by atoms with Crippen molar-refractivity contribution >= 4 is 0 Å². The van der Waals surface area contributed by atoms with Crippen LogP contribution in [-0.4, -0.2) is 5.54 Å². The maximum atomic E-state index is 5.82. The van der Waals surface area contributed by atoms with E-state index in [2.05, 4.69) is 26.7 Å². The van der Waals surface area contributed by atoms with Crippen molar-refractivity contribution in [3.8, 4) is 12.3 Å². The minimum absolute atomic E-state index is 0.427. The average molecular weight is 153 g/mol. The standard InChI is InChI=1S/C10H19N/c1-6-10(5,11)7-9(4)8(2)3/h1,8-9H,7,11H2,2-5H3/t9-,10?/m1/s1. The van der Waals surface area contributed by atoms with Gasteiger partial charge in [0, 0.05) is 0 Å². The highest BCUT2D eigenvalue weighted by Crippen LogP contribution is 2.20. The summed E-state index contributed by atoms with van der Waals surface area (Å²) in [5.74, 6) is 3.86. The lowest BCUT2D eigenvalue weighted by molar-refractivity contribution is 0.338. The summed E-state index contributed by atoms with van der Waals surface area (Å²) in [5, 5.41) is 0. The minimum atomic E-state index is -0.427. The first-order chi connectivity index (χ1) is 4.89. The monoisotopic (exact) mass is 153 g/mol. The van der Waals surface area contributed by atoms with Crippen molar-refractivity contribution in [1.82, 2.24) is 0 Å². The molecule has 0 aliphatic carbocycles. The van der Waals surface area contributed by atoms with E-state index in [1.165, 1.54) is 0 Å². The summed E-state index contributed by atoms with van der Waals surface area (Å²) >= 11 is 0. The SMILES string of the molecule is C#CC(C)(N)C[C@@H](C)C(C)C. The summed E-state index contributed by atoms with van der Waals surface area (Å²) in [6.45, 7) is 8.48. The van der Waals surface area contributed by atoms with Gasteiger partial charge in [0.25, 0.3) is 0 Å².